The maximum absolute atomic E-state index is 12.6. The predicted octanol–water partition coefficient (Wildman–Crippen LogP) is 1.51. The van der Waals surface area contributed by atoms with E-state index in [1.165, 1.54) is 6.71 Å². The molecule has 0 bridgehead atoms. The molecular formula is C18H20BrN3O2W. The Morgan fingerprint density at radius 2 is 2.16 bits per heavy atom. The van der Waals surface area contributed by atoms with Crippen molar-refractivity contribution >= 4 is 28.5 Å². The summed E-state index contributed by atoms with van der Waals surface area (Å²) in [5, 5.41) is 0. The van der Waals surface area contributed by atoms with E-state index in [4.69, 9.17) is 0 Å². The molecule has 0 spiro atoms. The van der Waals surface area contributed by atoms with Crippen LogP contribution in [-0.4, -0.2) is 40.2 Å². The zero-order valence-electron chi connectivity index (χ0n) is 14.1. The Hall–Kier alpha value is -1.00. The first-order valence-corrected chi connectivity index (χ1v) is 12.4. The molecule has 2 fully saturated rings. The van der Waals surface area contributed by atoms with Crippen LogP contribution in [0.4, 0.5) is 0 Å². The Bertz CT molecular complexity index is 894. The Morgan fingerprint density at radius 1 is 1.36 bits per heavy atom. The van der Waals surface area contributed by atoms with Crippen molar-refractivity contribution in [2.75, 3.05) is 13.1 Å². The van der Waals surface area contributed by atoms with Gasteiger partial charge in [0.2, 0.25) is 0 Å². The predicted molar refractivity (Wildman–Crippen MR) is 97.8 cm³/mol. The fourth-order valence-electron chi connectivity index (χ4n) is 3.45. The minimum absolute atomic E-state index is 0.0252. The third-order valence-corrected chi connectivity index (χ3v) is 9.61. The summed E-state index contributed by atoms with van der Waals surface area (Å²) < 4.78 is 4.34. The van der Waals surface area contributed by atoms with Crippen LogP contribution in [0.15, 0.2) is 23.0 Å². The number of rotatable bonds is 4. The van der Waals surface area contributed by atoms with E-state index >= 15 is 0 Å². The van der Waals surface area contributed by atoms with Crippen LogP contribution in [0.1, 0.15) is 30.8 Å². The standard InChI is InChI=1S/C18H20BrN3O2.W/c1-13-10-17(23)22(16(20-13)4-2-3-8-19)12-14-7-9-21(11-14)18(24)15-5-6-15;/h2-3,10,14-15H,5-7,9,11-12H2,1H3;. The third kappa shape index (κ3) is 3.75. The fourth-order valence-corrected chi connectivity index (χ4v) is 7.63. The molecule has 132 valence electrons. The normalized spacial score (nSPS) is 22.6. The van der Waals surface area contributed by atoms with Gasteiger partial charge in [-0.2, -0.15) is 0 Å². The Kier molecular flexibility index (Phi) is 4.85. The van der Waals surface area contributed by atoms with Crippen molar-refractivity contribution < 1.29 is 22.4 Å². The van der Waals surface area contributed by atoms with Crippen LogP contribution in [0.3, 0.4) is 0 Å². The molecule has 1 saturated carbocycles. The molecule has 0 N–H and O–H groups in total. The van der Waals surface area contributed by atoms with Gasteiger partial charge >= 0.3 is 163 Å². The van der Waals surface area contributed by atoms with Crippen LogP contribution in [0.2, 0.25) is 0 Å². The molecule has 1 saturated heterocycles. The average molecular weight is 574 g/mol. The number of allylic oxidation sites excluding steroid dienone is 2. The van der Waals surface area contributed by atoms with Gasteiger partial charge in [-0.05, 0) is 0 Å². The van der Waals surface area contributed by atoms with Crippen LogP contribution in [0.25, 0.3) is 0 Å². The summed E-state index contributed by atoms with van der Waals surface area (Å²) in [5.41, 5.74) is 0.799. The zero-order valence-corrected chi connectivity index (χ0v) is 18.6. The average Bonchev–Trinajstić information content (AvgIpc) is 3.16. The van der Waals surface area contributed by atoms with Crippen LogP contribution >= 0.6 is 15.9 Å². The van der Waals surface area contributed by atoms with Crippen molar-refractivity contribution in [2.45, 2.75) is 32.7 Å². The molecule has 1 aliphatic carbocycles. The summed E-state index contributed by atoms with van der Waals surface area (Å²) in [6.07, 6.45) is 7.26. The van der Waals surface area contributed by atoms with Crippen LogP contribution in [-0.2, 0) is 29.0 Å². The van der Waals surface area contributed by atoms with Gasteiger partial charge in [0.25, 0.3) is 0 Å². The number of aryl methyl sites for hydroxylation is 1. The molecule has 4 rings (SSSR count). The van der Waals surface area contributed by atoms with E-state index in [1.54, 1.807) is 6.07 Å². The topological polar surface area (TPSA) is 55.2 Å². The summed E-state index contributed by atoms with van der Waals surface area (Å²) in [6, 6.07) is 1.62. The van der Waals surface area contributed by atoms with Crippen molar-refractivity contribution in [1.82, 2.24) is 14.5 Å². The van der Waals surface area contributed by atoms with Gasteiger partial charge in [-0.1, -0.05) is 0 Å². The Labute approximate surface area is 162 Å². The molecule has 1 amide bonds. The van der Waals surface area contributed by atoms with E-state index in [0.717, 1.165) is 43.9 Å². The van der Waals surface area contributed by atoms with Gasteiger partial charge in [-0.15, -0.1) is 0 Å². The van der Waals surface area contributed by atoms with E-state index in [9.17, 15) is 9.59 Å². The van der Waals surface area contributed by atoms with Crippen LogP contribution in [0.5, 0.6) is 0 Å². The maximum atomic E-state index is 12.6. The Morgan fingerprint density at radius 3 is 2.84 bits per heavy atom. The molecule has 3 aliphatic rings. The first-order chi connectivity index (χ1) is 12.0. The quantitative estimate of drug-likeness (QED) is 0.549. The molecule has 0 aromatic carbocycles. The number of hydrogen-bond donors (Lipinski definition) is 0. The third-order valence-electron chi connectivity index (χ3n) is 4.89. The molecular weight excluding hydrogens is 554 g/mol. The summed E-state index contributed by atoms with van der Waals surface area (Å²) in [7, 11) is 0. The number of halogens is 1. The molecule has 25 heavy (non-hydrogen) atoms. The van der Waals surface area contributed by atoms with Crippen molar-refractivity contribution in [1.29, 1.82) is 0 Å². The van der Waals surface area contributed by atoms with Gasteiger partial charge < -0.3 is 0 Å². The van der Waals surface area contributed by atoms with E-state index in [1.807, 2.05) is 16.4 Å². The molecule has 0 radical (unpaired) electrons. The van der Waals surface area contributed by atoms with E-state index in [0.29, 0.717) is 18.4 Å². The number of aromatic nitrogens is 2. The molecule has 7 heteroatoms. The number of carbonyl (C=O) groups is 1. The van der Waals surface area contributed by atoms with Gasteiger partial charge in [0.15, 0.2) is 0 Å². The van der Waals surface area contributed by atoms with Crippen molar-refractivity contribution in [3.8, 4) is 0 Å². The van der Waals surface area contributed by atoms with Gasteiger partial charge in [0.05, 0.1) is 0 Å². The van der Waals surface area contributed by atoms with Crippen molar-refractivity contribution in [2.24, 2.45) is 11.8 Å². The molecule has 2 aliphatic heterocycles. The Balaban J connectivity index is 1.58. The van der Waals surface area contributed by atoms with E-state index < -0.39 is 17.6 Å². The number of hydrogen-bond acceptors (Lipinski definition) is 3. The molecule has 3 heterocycles. The second-order valence-electron chi connectivity index (χ2n) is 6.99. The fraction of sp³-hybridized carbons (Fsp3) is 0.500. The molecule has 1 aromatic heterocycles. The van der Waals surface area contributed by atoms with E-state index in [-0.39, 0.29) is 11.5 Å². The summed E-state index contributed by atoms with van der Waals surface area (Å²) in [4.78, 5) is 31.6. The minimum atomic E-state index is -0.844. The summed E-state index contributed by atoms with van der Waals surface area (Å²) >= 11 is 2.75. The van der Waals surface area contributed by atoms with Gasteiger partial charge in [0.1, 0.15) is 0 Å². The van der Waals surface area contributed by atoms with Gasteiger partial charge in [0, 0.05) is 0 Å². The SMILES string of the molecule is Cc1cc(=O)n(CC2CCN(C(=O)C3CC3)C2)c([C]2=[W]=[C](Br)C=C2)n1. The molecule has 1 aromatic rings. The van der Waals surface area contributed by atoms with Gasteiger partial charge in [-0.25, -0.2) is 0 Å². The molecule has 5 nitrogen and oxygen atoms in total. The number of carbonyl (C=O) groups excluding carboxylic acids is 1. The zero-order chi connectivity index (χ0) is 17.6. The van der Waals surface area contributed by atoms with Crippen LogP contribution < -0.4 is 5.56 Å². The van der Waals surface area contributed by atoms with Gasteiger partial charge in [-0.3, -0.25) is 0 Å². The summed E-state index contributed by atoms with van der Waals surface area (Å²) in [5.74, 6) is 1.77. The first kappa shape index (κ1) is 17.4. The number of likely N-dealkylation sites (tertiary alicyclic amines) is 1. The number of nitrogens with zero attached hydrogens (tertiary/aromatic N) is 3. The van der Waals surface area contributed by atoms with Crippen molar-refractivity contribution in [3.63, 3.8) is 0 Å². The summed E-state index contributed by atoms with van der Waals surface area (Å²) in [6.45, 7) is 4.14. The molecule has 1 atom stereocenters. The second-order valence-corrected chi connectivity index (χ2v) is 13.8. The first-order valence-electron chi connectivity index (χ1n) is 8.64. The number of amides is 1. The molecule has 1 unspecified atom stereocenters. The van der Waals surface area contributed by atoms with Crippen LogP contribution in [0, 0.1) is 18.8 Å². The second kappa shape index (κ2) is 6.96. The van der Waals surface area contributed by atoms with Crippen molar-refractivity contribution in [3.05, 3.63) is 40.1 Å². The van der Waals surface area contributed by atoms with E-state index in [2.05, 4.69) is 33.1 Å². The monoisotopic (exact) mass is 573 g/mol.